The normalized spacial score (nSPS) is 9.55. The minimum Gasteiger partial charge on any atom is -0.398 e. The lowest BCUT2D eigenvalue weighted by Crippen LogP contribution is -1.90. The number of hydrogen-bond donors (Lipinski definition) is 2. The average molecular weight is 167 g/mol. The number of nitrogen functional groups attached to an aromatic ring is 1. The van der Waals surface area contributed by atoms with E-state index < -0.39 is 0 Å². The fourth-order valence-electron chi connectivity index (χ4n) is 0.812. The van der Waals surface area contributed by atoms with E-state index >= 15 is 0 Å². The Hall–Kier alpha value is -0.960. The Bertz CT molecular complexity index is 273. The first kappa shape index (κ1) is 8.14. The lowest BCUT2D eigenvalue weighted by atomic mass is 10.1. The molecule has 1 rings (SSSR count). The second-order valence-corrected chi connectivity index (χ2v) is 2.75. The van der Waals surface area contributed by atoms with Gasteiger partial charge in [0, 0.05) is 17.0 Å². The number of nitrogens with two attached hydrogens (primary N) is 1. The lowest BCUT2D eigenvalue weighted by Gasteiger charge is -1.99. The van der Waals surface area contributed by atoms with Crippen LogP contribution in [0.15, 0.2) is 23.1 Å². The minimum absolute atomic E-state index is 0.424. The molecule has 1 aromatic rings. The smallest absolute Gasteiger partial charge is 0.124 e. The van der Waals surface area contributed by atoms with Gasteiger partial charge in [0.2, 0.25) is 0 Å². The van der Waals surface area contributed by atoms with E-state index in [1.54, 1.807) is 12.1 Å². The summed E-state index contributed by atoms with van der Waals surface area (Å²) in [5.41, 5.74) is 7.11. The standard InChI is InChI=1S/C8H9NOS/c9-7-2-1-6(3-4-10)5-8(7)11/h1-2,4-5,11H,3,9H2. The number of carbonyl (C=O) groups excluding carboxylic acids is 1. The Balaban J connectivity index is 2.95. The van der Waals surface area contributed by atoms with Crippen molar-refractivity contribution in [1.82, 2.24) is 0 Å². The van der Waals surface area contributed by atoms with E-state index in [2.05, 4.69) is 12.6 Å². The van der Waals surface area contributed by atoms with Crippen molar-refractivity contribution in [2.24, 2.45) is 0 Å². The van der Waals surface area contributed by atoms with Gasteiger partial charge < -0.3 is 10.5 Å². The minimum atomic E-state index is 0.424. The number of aldehydes is 1. The fraction of sp³-hybridized carbons (Fsp3) is 0.125. The summed E-state index contributed by atoms with van der Waals surface area (Å²) in [5.74, 6) is 0. The van der Waals surface area contributed by atoms with Gasteiger partial charge in [-0.05, 0) is 17.7 Å². The number of carbonyl (C=O) groups is 1. The van der Waals surface area contributed by atoms with Gasteiger partial charge in [0.1, 0.15) is 6.29 Å². The molecule has 11 heavy (non-hydrogen) atoms. The average Bonchev–Trinajstić information content (AvgIpc) is 1.98. The van der Waals surface area contributed by atoms with E-state index in [-0.39, 0.29) is 0 Å². The van der Waals surface area contributed by atoms with Crippen molar-refractivity contribution in [1.29, 1.82) is 0 Å². The second kappa shape index (κ2) is 3.44. The molecule has 0 amide bonds. The number of benzene rings is 1. The van der Waals surface area contributed by atoms with Gasteiger partial charge in [-0.25, -0.2) is 0 Å². The van der Waals surface area contributed by atoms with E-state index in [1.807, 2.05) is 6.07 Å². The summed E-state index contributed by atoms with van der Waals surface area (Å²) in [4.78, 5) is 10.8. The summed E-state index contributed by atoms with van der Waals surface area (Å²) in [5, 5.41) is 0. The van der Waals surface area contributed by atoms with Gasteiger partial charge in [0.05, 0.1) is 0 Å². The molecular formula is C8H9NOS. The maximum atomic E-state index is 10.1. The van der Waals surface area contributed by atoms with Crippen molar-refractivity contribution >= 4 is 24.6 Å². The van der Waals surface area contributed by atoms with Gasteiger partial charge in [-0.1, -0.05) is 6.07 Å². The SMILES string of the molecule is Nc1ccc(CC=O)cc1S. The van der Waals surface area contributed by atoms with Gasteiger partial charge >= 0.3 is 0 Å². The highest BCUT2D eigenvalue weighted by Gasteiger charge is 1.95. The van der Waals surface area contributed by atoms with Gasteiger partial charge in [0.25, 0.3) is 0 Å². The number of thiol groups is 1. The summed E-state index contributed by atoms with van der Waals surface area (Å²) in [6, 6.07) is 5.37. The zero-order valence-electron chi connectivity index (χ0n) is 5.95. The molecule has 2 nitrogen and oxygen atoms in total. The van der Waals surface area contributed by atoms with Crippen LogP contribution in [0.3, 0.4) is 0 Å². The van der Waals surface area contributed by atoms with E-state index in [1.165, 1.54) is 0 Å². The topological polar surface area (TPSA) is 43.1 Å². The molecule has 0 radical (unpaired) electrons. The monoisotopic (exact) mass is 167 g/mol. The van der Waals surface area contributed by atoms with Crippen molar-refractivity contribution < 1.29 is 4.79 Å². The molecular weight excluding hydrogens is 158 g/mol. The van der Waals surface area contributed by atoms with Crippen LogP contribution in [0.5, 0.6) is 0 Å². The van der Waals surface area contributed by atoms with Crippen LogP contribution in [0.25, 0.3) is 0 Å². The zero-order chi connectivity index (χ0) is 8.27. The predicted octanol–water partition coefficient (Wildman–Crippen LogP) is 1.30. The maximum absolute atomic E-state index is 10.1. The number of rotatable bonds is 2. The van der Waals surface area contributed by atoms with E-state index in [0.717, 1.165) is 16.7 Å². The number of anilines is 1. The highest BCUT2D eigenvalue weighted by atomic mass is 32.1. The molecule has 0 aliphatic heterocycles. The van der Waals surface area contributed by atoms with E-state index in [0.29, 0.717) is 12.1 Å². The van der Waals surface area contributed by atoms with Crippen LogP contribution in [-0.4, -0.2) is 6.29 Å². The van der Waals surface area contributed by atoms with Crippen molar-refractivity contribution in [3.05, 3.63) is 23.8 Å². The van der Waals surface area contributed by atoms with Crippen molar-refractivity contribution in [3.63, 3.8) is 0 Å². The summed E-state index contributed by atoms with van der Waals surface area (Å²) in [6.45, 7) is 0. The Morgan fingerprint density at radius 2 is 2.27 bits per heavy atom. The maximum Gasteiger partial charge on any atom is 0.124 e. The summed E-state index contributed by atoms with van der Waals surface area (Å²) < 4.78 is 0. The highest BCUT2D eigenvalue weighted by molar-refractivity contribution is 7.80. The fourth-order valence-corrected chi connectivity index (χ4v) is 1.05. The van der Waals surface area contributed by atoms with E-state index in [4.69, 9.17) is 5.73 Å². The van der Waals surface area contributed by atoms with Crippen LogP contribution >= 0.6 is 12.6 Å². The van der Waals surface area contributed by atoms with Gasteiger partial charge in [0.15, 0.2) is 0 Å². The lowest BCUT2D eigenvalue weighted by molar-refractivity contribution is -0.107. The molecule has 0 atom stereocenters. The summed E-state index contributed by atoms with van der Waals surface area (Å²) >= 11 is 4.12. The molecule has 0 aromatic heterocycles. The van der Waals surface area contributed by atoms with Crippen LogP contribution in [0.2, 0.25) is 0 Å². The molecule has 0 fully saturated rings. The van der Waals surface area contributed by atoms with Crippen LogP contribution in [0.1, 0.15) is 5.56 Å². The van der Waals surface area contributed by atoms with Gasteiger partial charge in [-0.2, -0.15) is 0 Å². The predicted molar refractivity (Wildman–Crippen MR) is 47.9 cm³/mol. The largest absolute Gasteiger partial charge is 0.398 e. The molecule has 0 saturated carbocycles. The summed E-state index contributed by atoms with van der Waals surface area (Å²) in [6.07, 6.45) is 1.28. The molecule has 0 saturated heterocycles. The van der Waals surface area contributed by atoms with Crippen LogP contribution in [-0.2, 0) is 11.2 Å². The Kier molecular flexibility index (Phi) is 2.54. The zero-order valence-corrected chi connectivity index (χ0v) is 6.84. The third-order valence-corrected chi connectivity index (χ3v) is 1.80. The van der Waals surface area contributed by atoms with Crippen molar-refractivity contribution in [2.75, 3.05) is 5.73 Å². The first-order chi connectivity index (χ1) is 5.24. The number of hydrogen-bond acceptors (Lipinski definition) is 3. The molecule has 0 bridgehead atoms. The third-order valence-electron chi connectivity index (χ3n) is 1.41. The van der Waals surface area contributed by atoms with E-state index in [9.17, 15) is 4.79 Å². The molecule has 0 aliphatic carbocycles. The molecule has 58 valence electrons. The molecule has 0 spiro atoms. The molecule has 0 heterocycles. The second-order valence-electron chi connectivity index (χ2n) is 2.26. The Morgan fingerprint density at radius 1 is 1.55 bits per heavy atom. The first-order valence-corrected chi connectivity index (χ1v) is 3.70. The summed E-state index contributed by atoms with van der Waals surface area (Å²) in [7, 11) is 0. The third kappa shape index (κ3) is 1.98. The van der Waals surface area contributed by atoms with Crippen LogP contribution in [0, 0.1) is 0 Å². The van der Waals surface area contributed by atoms with Gasteiger partial charge in [-0.15, -0.1) is 12.6 Å². The molecule has 0 unspecified atom stereocenters. The van der Waals surface area contributed by atoms with Crippen LogP contribution < -0.4 is 5.73 Å². The molecule has 2 N–H and O–H groups in total. The van der Waals surface area contributed by atoms with Gasteiger partial charge in [-0.3, -0.25) is 0 Å². The molecule has 3 heteroatoms. The Morgan fingerprint density at radius 3 is 2.82 bits per heavy atom. The van der Waals surface area contributed by atoms with Crippen LogP contribution in [0.4, 0.5) is 5.69 Å². The quantitative estimate of drug-likeness (QED) is 0.396. The molecule has 0 aliphatic rings. The molecule has 1 aromatic carbocycles. The van der Waals surface area contributed by atoms with Crippen molar-refractivity contribution in [2.45, 2.75) is 11.3 Å². The first-order valence-electron chi connectivity index (χ1n) is 3.25. The van der Waals surface area contributed by atoms with Crippen molar-refractivity contribution in [3.8, 4) is 0 Å². The highest BCUT2D eigenvalue weighted by Crippen LogP contribution is 2.17. The Labute approximate surface area is 70.8 Å².